The van der Waals surface area contributed by atoms with Crippen LogP contribution >= 0.6 is 0 Å². The molecule has 1 unspecified atom stereocenters. The van der Waals surface area contributed by atoms with Gasteiger partial charge in [0.15, 0.2) is 0 Å². The van der Waals surface area contributed by atoms with Crippen molar-refractivity contribution in [2.45, 2.75) is 33.2 Å². The second kappa shape index (κ2) is 5.63. The molecular formula is C16H23N3. The minimum Gasteiger partial charge on any atom is -0.368 e. The van der Waals surface area contributed by atoms with Crippen LogP contribution in [-0.2, 0) is 0 Å². The molecule has 3 heteroatoms. The fraction of sp³-hybridized carbons (Fsp3) is 0.562. The van der Waals surface area contributed by atoms with Crippen molar-refractivity contribution >= 4 is 5.69 Å². The van der Waals surface area contributed by atoms with Gasteiger partial charge in [-0.1, -0.05) is 17.7 Å². The number of likely N-dealkylation sites (N-methyl/N-ethyl adjacent to an activating group) is 1. The zero-order valence-electron chi connectivity index (χ0n) is 12.4. The molecule has 1 saturated heterocycles. The Kier molecular flexibility index (Phi) is 4.11. The molecule has 1 heterocycles. The molecule has 0 amide bonds. The summed E-state index contributed by atoms with van der Waals surface area (Å²) in [5.74, 6) is 0. The van der Waals surface area contributed by atoms with E-state index in [0.29, 0.717) is 12.5 Å². The van der Waals surface area contributed by atoms with Gasteiger partial charge in [0.25, 0.3) is 0 Å². The Morgan fingerprint density at radius 1 is 1.21 bits per heavy atom. The first kappa shape index (κ1) is 13.9. The Bertz CT molecular complexity index is 478. The van der Waals surface area contributed by atoms with Crippen molar-refractivity contribution in [3.05, 3.63) is 28.8 Å². The van der Waals surface area contributed by atoms with E-state index in [-0.39, 0.29) is 0 Å². The van der Waals surface area contributed by atoms with Gasteiger partial charge in [-0.25, -0.2) is 0 Å². The van der Waals surface area contributed by atoms with E-state index >= 15 is 0 Å². The normalized spacial score (nSPS) is 20.4. The number of anilines is 1. The highest BCUT2D eigenvalue weighted by Crippen LogP contribution is 2.28. The average Bonchev–Trinajstić information content (AvgIpc) is 2.32. The summed E-state index contributed by atoms with van der Waals surface area (Å²) in [7, 11) is 2.12. The summed E-state index contributed by atoms with van der Waals surface area (Å²) in [6, 6.07) is 7.16. The molecule has 1 aromatic rings. The fourth-order valence-corrected chi connectivity index (χ4v) is 3.15. The molecule has 0 aromatic heterocycles. The Morgan fingerprint density at radius 2 is 1.84 bits per heavy atom. The predicted molar refractivity (Wildman–Crippen MR) is 79.5 cm³/mol. The quantitative estimate of drug-likeness (QED) is 0.816. The zero-order valence-corrected chi connectivity index (χ0v) is 12.4. The number of nitrogens with zero attached hydrogens (tertiary/aromatic N) is 3. The van der Waals surface area contributed by atoms with Gasteiger partial charge in [-0.15, -0.1) is 0 Å². The predicted octanol–water partition coefficient (Wildman–Crippen LogP) is 2.65. The first-order chi connectivity index (χ1) is 9.02. The number of piperazine rings is 1. The molecule has 1 aromatic carbocycles. The molecule has 102 valence electrons. The first-order valence-corrected chi connectivity index (χ1v) is 6.93. The van der Waals surface area contributed by atoms with Gasteiger partial charge in [0.1, 0.15) is 0 Å². The van der Waals surface area contributed by atoms with Crippen LogP contribution in [0, 0.1) is 32.1 Å². The third-order valence-corrected chi connectivity index (χ3v) is 4.06. The number of hydrogen-bond acceptors (Lipinski definition) is 3. The van der Waals surface area contributed by atoms with Crippen molar-refractivity contribution in [2.75, 3.05) is 31.6 Å². The summed E-state index contributed by atoms with van der Waals surface area (Å²) in [4.78, 5) is 4.75. The van der Waals surface area contributed by atoms with Crippen LogP contribution in [0.3, 0.4) is 0 Å². The SMILES string of the molecule is Cc1cc(C)c(N2CCN(C)C(CC#N)C2)c(C)c1. The summed E-state index contributed by atoms with van der Waals surface area (Å²) >= 11 is 0. The lowest BCUT2D eigenvalue weighted by atomic mass is 10.0. The first-order valence-electron chi connectivity index (χ1n) is 6.93. The maximum absolute atomic E-state index is 8.94. The number of hydrogen-bond donors (Lipinski definition) is 0. The number of aryl methyl sites for hydroxylation is 3. The van der Waals surface area contributed by atoms with Crippen molar-refractivity contribution in [1.29, 1.82) is 5.26 Å². The highest BCUT2D eigenvalue weighted by Gasteiger charge is 2.25. The maximum atomic E-state index is 8.94. The molecule has 0 N–H and O–H groups in total. The molecule has 0 radical (unpaired) electrons. The largest absolute Gasteiger partial charge is 0.368 e. The lowest BCUT2D eigenvalue weighted by Gasteiger charge is -2.41. The summed E-state index contributed by atoms with van der Waals surface area (Å²) in [6.45, 7) is 9.54. The number of benzene rings is 1. The van der Waals surface area contributed by atoms with Crippen molar-refractivity contribution in [3.8, 4) is 6.07 Å². The number of nitriles is 1. The molecule has 1 aliphatic heterocycles. The topological polar surface area (TPSA) is 30.3 Å². The van der Waals surface area contributed by atoms with Gasteiger partial charge in [0, 0.05) is 31.4 Å². The van der Waals surface area contributed by atoms with Gasteiger partial charge in [0.05, 0.1) is 12.5 Å². The van der Waals surface area contributed by atoms with Crippen LogP contribution in [0.4, 0.5) is 5.69 Å². The third-order valence-electron chi connectivity index (χ3n) is 4.06. The van der Waals surface area contributed by atoms with Crippen molar-refractivity contribution < 1.29 is 0 Å². The van der Waals surface area contributed by atoms with Gasteiger partial charge in [0.2, 0.25) is 0 Å². The summed E-state index contributed by atoms with van der Waals surface area (Å²) in [6.07, 6.45) is 0.608. The van der Waals surface area contributed by atoms with E-state index in [2.05, 4.69) is 55.8 Å². The summed E-state index contributed by atoms with van der Waals surface area (Å²) < 4.78 is 0. The Labute approximate surface area is 116 Å². The molecule has 0 aliphatic carbocycles. The standard InChI is InChI=1S/C16H23N3/c1-12-9-13(2)16(14(3)10-12)19-8-7-18(4)15(11-19)5-6-17/h9-10,15H,5,7-8,11H2,1-4H3. The van der Waals surface area contributed by atoms with Crippen LogP contribution in [0.1, 0.15) is 23.1 Å². The van der Waals surface area contributed by atoms with Crippen LogP contribution in [0.5, 0.6) is 0 Å². The average molecular weight is 257 g/mol. The molecule has 2 rings (SSSR count). The van der Waals surface area contributed by atoms with E-state index < -0.39 is 0 Å². The lowest BCUT2D eigenvalue weighted by molar-refractivity contribution is 0.221. The van der Waals surface area contributed by atoms with E-state index in [4.69, 9.17) is 5.26 Å². The summed E-state index contributed by atoms with van der Waals surface area (Å²) in [5, 5.41) is 8.94. The minimum absolute atomic E-state index is 0.346. The highest BCUT2D eigenvalue weighted by atomic mass is 15.3. The molecule has 3 nitrogen and oxygen atoms in total. The lowest BCUT2D eigenvalue weighted by Crippen LogP contribution is -2.51. The van der Waals surface area contributed by atoms with E-state index in [0.717, 1.165) is 19.6 Å². The van der Waals surface area contributed by atoms with Crippen molar-refractivity contribution in [1.82, 2.24) is 4.90 Å². The van der Waals surface area contributed by atoms with Crippen LogP contribution in [-0.4, -0.2) is 37.6 Å². The van der Waals surface area contributed by atoms with Crippen molar-refractivity contribution in [3.63, 3.8) is 0 Å². The monoisotopic (exact) mass is 257 g/mol. The third kappa shape index (κ3) is 2.90. The molecule has 1 aliphatic rings. The zero-order chi connectivity index (χ0) is 14.0. The molecule has 0 spiro atoms. The van der Waals surface area contributed by atoms with Crippen LogP contribution < -0.4 is 4.90 Å². The van der Waals surface area contributed by atoms with Gasteiger partial charge in [-0.2, -0.15) is 5.26 Å². The second-order valence-electron chi connectivity index (χ2n) is 5.69. The Morgan fingerprint density at radius 3 is 2.42 bits per heavy atom. The number of rotatable bonds is 2. The maximum Gasteiger partial charge on any atom is 0.0638 e. The summed E-state index contributed by atoms with van der Waals surface area (Å²) in [5.41, 5.74) is 5.37. The minimum atomic E-state index is 0.346. The van der Waals surface area contributed by atoms with E-state index in [1.54, 1.807) is 0 Å². The van der Waals surface area contributed by atoms with E-state index in [1.807, 2.05) is 0 Å². The molecule has 0 saturated carbocycles. The second-order valence-corrected chi connectivity index (χ2v) is 5.69. The molecular weight excluding hydrogens is 234 g/mol. The fourth-order valence-electron chi connectivity index (χ4n) is 3.15. The van der Waals surface area contributed by atoms with Crippen LogP contribution in [0.2, 0.25) is 0 Å². The van der Waals surface area contributed by atoms with E-state index in [9.17, 15) is 0 Å². The van der Waals surface area contributed by atoms with E-state index in [1.165, 1.54) is 22.4 Å². The van der Waals surface area contributed by atoms with Crippen LogP contribution in [0.15, 0.2) is 12.1 Å². The van der Waals surface area contributed by atoms with Gasteiger partial charge in [-0.3, -0.25) is 4.90 Å². The van der Waals surface area contributed by atoms with Crippen molar-refractivity contribution in [2.24, 2.45) is 0 Å². The molecule has 1 atom stereocenters. The molecule has 19 heavy (non-hydrogen) atoms. The van der Waals surface area contributed by atoms with Gasteiger partial charge in [-0.05, 0) is 38.9 Å². The van der Waals surface area contributed by atoms with Gasteiger partial charge >= 0.3 is 0 Å². The van der Waals surface area contributed by atoms with Gasteiger partial charge < -0.3 is 4.90 Å². The smallest absolute Gasteiger partial charge is 0.0638 e. The Hall–Kier alpha value is -1.53. The highest BCUT2D eigenvalue weighted by molar-refractivity contribution is 5.60. The van der Waals surface area contributed by atoms with Crippen LogP contribution in [0.25, 0.3) is 0 Å². The molecule has 1 fully saturated rings. The molecule has 0 bridgehead atoms. The Balaban J connectivity index is 2.26.